The van der Waals surface area contributed by atoms with Crippen LogP contribution in [0.5, 0.6) is 0 Å². The van der Waals surface area contributed by atoms with E-state index in [2.05, 4.69) is 72.7 Å². The molecule has 0 saturated carbocycles. The zero-order chi connectivity index (χ0) is 16.1. The van der Waals surface area contributed by atoms with Crippen LogP contribution >= 0.6 is 24.4 Å². The molecule has 0 unspecified atom stereocenters. The number of hydrogen-bond donors (Lipinski definition) is 2. The van der Waals surface area contributed by atoms with Crippen molar-refractivity contribution in [1.82, 2.24) is 20.9 Å². The molecule has 116 valence electrons. The Labute approximate surface area is 154 Å². The second-order valence-corrected chi connectivity index (χ2v) is 6.08. The van der Waals surface area contributed by atoms with Crippen LogP contribution in [0.15, 0.2) is 24.6 Å². The van der Waals surface area contributed by atoms with Crippen molar-refractivity contribution < 1.29 is 25.3 Å². The Kier molecular flexibility index (Phi) is 13.0. The predicted molar refractivity (Wildman–Crippen MR) is 88.5 cm³/mol. The molecule has 6 nitrogen and oxygen atoms in total. The van der Waals surface area contributed by atoms with E-state index in [1.165, 1.54) is 0 Å². The molecular formula is C10H14MoN4O2S4. The van der Waals surface area contributed by atoms with Gasteiger partial charge in [-0.15, -0.1) is 0 Å². The summed E-state index contributed by atoms with van der Waals surface area (Å²) in [6.45, 7) is 1.94. The van der Waals surface area contributed by atoms with Crippen molar-refractivity contribution in [3.63, 3.8) is 0 Å². The number of nitrogens with zero attached hydrogens (tertiary/aromatic N) is 2. The number of nitrogens with one attached hydrogen (secondary N) is 2. The monoisotopic (exact) mass is 448 g/mol. The van der Waals surface area contributed by atoms with Gasteiger partial charge in [0.15, 0.2) is 0 Å². The summed E-state index contributed by atoms with van der Waals surface area (Å²) >= 11 is 16.6. The summed E-state index contributed by atoms with van der Waals surface area (Å²) in [5, 5.41) is 3.77. The molecule has 2 N–H and O–H groups in total. The number of thiocarbonyl (C=S) groups is 2. The van der Waals surface area contributed by atoms with Crippen molar-refractivity contribution in [2.75, 3.05) is 13.1 Å². The molecule has 0 aromatic rings. The quantitative estimate of drug-likeness (QED) is 0.363. The normalized spacial score (nSPS) is 14.3. The third kappa shape index (κ3) is 13.0. The summed E-state index contributed by atoms with van der Waals surface area (Å²) in [5.74, 6) is 0. The molecule has 2 aliphatic rings. The molecular weight excluding hydrogens is 432 g/mol. The van der Waals surface area contributed by atoms with Gasteiger partial charge in [0.05, 0.1) is 0 Å². The first-order chi connectivity index (χ1) is 9.99. The van der Waals surface area contributed by atoms with E-state index in [-0.39, 0.29) is 0 Å². The predicted octanol–water partition coefficient (Wildman–Crippen LogP) is 0.844. The fraction of sp³-hybridized carbons (Fsp3) is 0.400. The van der Waals surface area contributed by atoms with E-state index < -0.39 is 18.5 Å². The molecule has 0 saturated heterocycles. The van der Waals surface area contributed by atoms with Gasteiger partial charge in [0.1, 0.15) is 0 Å². The number of hydrogen-bond acceptors (Lipinski definition) is 8. The summed E-state index contributed by atoms with van der Waals surface area (Å²) in [6.07, 6.45) is 10.2. The molecule has 0 aromatic heterocycles. The van der Waals surface area contributed by atoms with Gasteiger partial charge in [0.25, 0.3) is 0 Å². The van der Waals surface area contributed by atoms with Gasteiger partial charge >= 0.3 is 25.3 Å². The molecule has 21 heavy (non-hydrogen) atoms. The molecule has 2 rings (SSSR count). The van der Waals surface area contributed by atoms with E-state index in [9.17, 15) is 0 Å². The Morgan fingerprint density at radius 1 is 0.952 bits per heavy atom. The van der Waals surface area contributed by atoms with Crippen molar-refractivity contribution in [1.29, 1.82) is 0 Å². The van der Waals surface area contributed by atoms with Gasteiger partial charge in [0, 0.05) is 25.5 Å². The first-order valence-electron chi connectivity index (χ1n) is 5.73. The maximum atomic E-state index is 8.50. The summed E-state index contributed by atoms with van der Waals surface area (Å²) in [7, 11) is 0. The molecule has 0 radical (unpaired) electrons. The Bertz CT molecular complexity index is 407. The number of hydrazine groups is 2. The molecule has 2 heterocycles. The summed E-state index contributed by atoms with van der Waals surface area (Å²) in [4.78, 5) is 0. The summed E-state index contributed by atoms with van der Waals surface area (Å²) in [6, 6.07) is 0. The van der Waals surface area contributed by atoms with Gasteiger partial charge in [-0.2, -0.15) is 0 Å². The molecule has 0 atom stereocenters. The van der Waals surface area contributed by atoms with Crippen LogP contribution in [0, 0.1) is 0 Å². The molecule has 0 fully saturated rings. The van der Waals surface area contributed by atoms with Crippen LogP contribution in [-0.2, 0) is 50.5 Å². The van der Waals surface area contributed by atoms with Crippen LogP contribution in [0.4, 0.5) is 0 Å². The molecule has 0 amide bonds. The Morgan fingerprint density at radius 3 is 1.48 bits per heavy atom. The minimum atomic E-state index is -2.03. The van der Waals surface area contributed by atoms with Crippen LogP contribution in [0.2, 0.25) is 0 Å². The van der Waals surface area contributed by atoms with Crippen molar-refractivity contribution in [2.24, 2.45) is 0 Å². The zero-order valence-electron chi connectivity index (χ0n) is 10.9. The molecule has 11 heteroatoms. The second-order valence-electron chi connectivity index (χ2n) is 3.60. The van der Waals surface area contributed by atoms with Crippen molar-refractivity contribution in [2.45, 2.75) is 12.8 Å². The van der Waals surface area contributed by atoms with E-state index in [0.29, 0.717) is 8.64 Å². The van der Waals surface area contributed by atoms with E-state index in [1.807, 2.05) is 22.4 Å². The van der Waals surface area contributed by atoms with Gasteiger partial charge in [-0.3, -0.25) is 10.0 Å². The fourth-order valence-electron chi connectivity index (χ4n) is 1.40. The minimum absolute atomic E-state index is 0.404. The molecule has 0 aliphatic carbocycles. The topological polar surface area (TPSA) is 64.7 Å². The third-order valence-electron chi connectivity index (χ3n) is 2.11. The summed E-state index contributed by atoms with van der Waals surface area (Å²) in [5.41, 5.74) is 5.67. The van der Waals surface area contributed by atoms with Crippen LogP contribution in [0.25, 0.3) is 0 Å². The summed E-state index contributed by atoms with van der Waals surface area (Å²) < 4.78 is 17.8. The van der Waals surface area contributed by atoms with Crippen LogP contribution in [0.3, 0.4) is 0 Å². The first kappa shape index (κ1) is 20.6. The molecule has 0 bridgehead atoms. The standard InChI is InChI=1S/2C5H8N2S2.Mo.2O/c2*8-5(9)6-7-3-1-2-4-7;;;/h2*1,3H,2,4H2,(H2,6,8,9);;;/q;;+2;;/p-2. The van der Waals surface area contributed by atoms with Crippen LogP contribution in [-0.4, -0.2) is 31.7 Å². The van der Waals surface area contributed by atoms with E-state index >= 15 is 0 Å². The SMILES string of the molecule is S=C([S-])NN1C=CCC1.S=C([S-])NN1C=CCC1.[O]=[Mo+2]=[O]. The van der Waals surface area contributed by atoms with Gasteiger partial charge < -0.3 is 60.5 Å². The average molecular weight is 446 g/mol. The van der Waals surface area contributed by atoms with E-state index in [0.717, 1.165) is 25.9 Å². The third-order valence-corrected chi connectivity index (χ3v) is 2.48. The Morgan fingerprint density at radius 2 is 1.29 bits per heavy atom. The zero-order valence-corrected chi connectivity index (χ0v) is 16.2. The maximum absolute atomic E-state index is 8.50. The molecule has 2 aliphatic heterocycles. The van der Waals surface area contributed by atoms with Gasteiger partial charge in [-0.1, -0.05) is 12.2 Å². The fourth-order valence-corrected chi connectivity index (χ4v) is 1.87. The Balaban J connectivity index is 0.000000322. The van der Waals surface area contributed by atoms with E-state index in [4.69, 9.17) is 6.80 Å². The van der Waals surface area contributed by atoms with Crippen LogP contribution < -0.4 is 10.9 Å². The van der Waals surface area contributed by atoms with Crippen molar-refractivity contribution >= 4 is 58.3 Å². The Hall–Kier alpha value is -0.412. The van der Waals surface area contributed by atoms with Gasteiger partial charge in [-0.25, -0.2) is 0 Å². The van der Waals surface area contributed by atoms with Crippen molar-refractivity contribution in [3.8, 4) is 0 Å². The second kappa shape index (κ2) is 13.3. The van der Waals surface area contributed by atoms with E-state index in [1.54, 1.807) is 0 Å². The van der Waals surface area contributed by atoms with Gasteiger partial charge in [-0.05, 0) is 21.5 Å². The molecule has 0 spiro atoms. The number of rotatable bonds is 2. The first-order valence-corrected chi connectivity index (χ1v) is 9.00. The molecule has 0 aromatic carbocycles. The average Bonchev–Trinajstić information content (AvgIpc) is 3.03. The van der Waals surface area contributed by atoms with Crippen LogP contribution in [0.1, 0.15) is 12.8 Å². The van der Waals surface area contributed by atoms with Gasteiger partial charge in [0.2, 0.25) is 0 Å². The van der Waals surface area contributed by atoms with Crippen molar-refractivity contribution in [3.05, 3.63) is 24.6 Å².